The summed E-state index contributed by atoms with van der Waals surface area (Å²) in [4.78, 5) is 10.7. The van der Waals surface area contributed by atoms with E-state index in [9.17, 15) is 13.2 Å². The number of aliphatic hydroxyl groups is 1. The molecular weight excluding hydrogens is 268 g/mol. The quantitative estimate of drug-likeness (QED) is 0.642. The first-order valence-corrected chi connectivity index (χ1v) is 7.41. The van der Waals surface area contributed by atoms with Gasteiger partial charge in [-0.1, -0.05) is 25.5 Å². The fourth-order valence-electron chi connectivity index (χ4n) is 1.50. The number of hydrogen-bond acceptors (Lipinski definition) is 4. The molecule has 1 atom stereocenters. The maximum atomic E-state index is 11.9. The monoisotopic (exact) mass is 286 g/mol. The fraction of sp³-hybridized carbons (Fsp3) is 0.417. The number of amides is 1. The van der Waals surface area contributed by atoms with Gasteiger partial charge in [0, 0.05) is 6.54 Å². The molecule has 1 unspecified atom stereocenters. The van der Waals surface area contributed by atoms with Crippen molar-refractivity contribution in [3.05, 3.63) is 29.8 Å². The summed E-state index contributed by atoms with van der Waals surface area (Å²) in [6.07, 6.45) is 0.331. The Morgan fingerprint density at radius 2 is 1.95 bits per heavy atom. The Bertz CT molecular complexity index is 525. The zero-order valence-corrected chi connectivity index (χ0v) is 11.5. The molecule has 0 bridgehead atoms. The van der Waals surface area contributed by atoms with Crippen LogP contribution in [0.3, 0.4) is 0 Å². The highest BCUT2D eigenvalue weighted by Crippen LogP contribution is 2.11. The minimum absolute atomic E-state index is 0.0871. The van der Waals surface area contributed by atoms with E-state index in [1.54, 1.807) is 12.1 Å². The highest BCUT2D eigenvalue weighted by Gasteiger charge is 2.18. The molecule has 0 saturated carbocycles. The summed E-state index contributed by atoms with van der Waals surface area (Å²) in [5, 5.41) is 9.15. The van der Waals surface area contributed by atoms with Gasteiger partial charge in [0.2, 0.25) is 15.9 Å². The molecule has 1 rings (SSSR count). The van der Waals surface area contributed by atoms with Crippen LogP contribution in [0.25, 0.3) is 0 Å². The number of aryl methyl sites for hydroxylation is 1. The number of sulfonamides is 1. The molecule has 6 nitrogen and oxygen atoms in total. The number of nitrogens with one attached hydrogen (secondary N) is 1. The van der Waals surface area contributed by atoms with Crippen LogP contribution in [0, 0.1) is 0 Å². The van der Waals surface area contributed by atoms with Gasteiger partial charge in [-0.3, -0.25) is 4.79 Å². The largest absolute Gasteiger partial charge is 0.382 e. The zero-order valence-electron chi connectivity index (χ0n) is 10.7. The van der Waals surface area contributed by atoms with Gasteiger partial charge < -0.3 is 10.8 Å². The van der Waals surface area contributed by atoms with E-state index >= 15 is 0 Å². The molecule has 0 aliphatic carbocycles. The van der Waals surface area contributed by atoms with Crippen molar-refractivity contribution in [2.45, 2.75) is 30.8 Å². The number of benzene rings is 1. The van der Waals surface area contributed by atoms with Crippen molar-refractivity contribution < 1.29 is 18.3 Å². The SMILES string of the molecule is CCCc1ccc(S(=O)(=O)NCC(O)C(N)=O)cc1. The average Bonchev–Trinajstić information content (AvgIpc) is 2.37. The molecule has 0 saturated heterocycles. The lowest BCUT2D eigenvalue weighted by Crippen LogP contribution is -2.39. The second kappa shape index (κ2) is 6.65. The van der Waals surface area contributed by atoms with Crippen LogP contribution in [0.1, 0.15) is 18.9 Å². The van der Waals surface area contributed by atoms with Crippen LogP contribution in [-0.2, 0) is 21.2 Å². The second-order valence-electron chi connectivity index (χ2n) is 4.16. The van der Waals surface area contributed by atoms with E-state index < -0.39 is 28.6 Å². The molecule has 19 heavy (non-hydrogen) atoms. The third-order valence-electron chi connectivity index (χ3n) is 2.57. The predicted octanol–water partition coefficient (Wildman–Crippen LogP) is -0.236. The molecule has 0 aliphatic rings. The van der Waals surface area contributed by atoms with E-state index in [1.165, 1.54) is 12.1 Å². The van der Waals surface area contributed by atoms with Crippen LogP contribution >= 0.6 is 0 Å². The third-order valence-corrected chi connectivity index (χ3v) is 4.01. The van der Waals surface area contributed by atoms with E-state index in [0.29, 0.717) is 0 Å². The van der Waals surface area contributed by atoms with Gasteiger partial charge in [-0.25, -0.2) is 13.1 Å². The van der Waals surface area contributed by atoms with Crippen molar-refractivity contribution in [1.29, 1.82) is 0 Å². The third kappa shape index (κ3) is 4.62. The zero-order chi connectivity index (χ0) is 14.5. The van der Waals surface area contributed by atoms with Crippen LogP contribution in [0.2, 0.25) is 0 Å². The number of primary amides is 1. The highest BCUT2D eigenvalue weighted by atomic mass is 32.2. The summed E-state index contributed by atoms with van der Waals surface area (Å²) in [5.41, 5.74) is 5.89. The molecule has 0 aromatic heterocycles. The van der Waals surface area contributed by atoms with Crippen molar-refractivity contribution in [3.8, 4) is 0 Å². The van der Waals surface area contributed by atoms with Crippen molar-refractivity contribution >= 4 is 15.9 Å². The first-order valence-electron chi connectivity index (χ1n) is 5.93. The van der Waals surface area contributed by atoms with Gasteiger partial charge in [0.15, 0.2) is 0 Å². The van der Waals surface area contributed by atoms with Crippen LogP contribution in [0.4, 0.5) is 0 Å². The van der Waals surface area contributed by atoms with E-state index in [4.69, 9.17) is 10.8 Å². The lowest BCUT2D eigenvalue weighted by molar-refractivity contribution is -0.125. The number of aliphatic hydroxyl groups excluding tert-OH is 1. The van der Waals surface area contributed by atoms with Crippen LogP contribution < -0.4 is 10.5 Å². The lowest BCUT2D eigenvalue weighted by Gasteiger charge is -2.09. The minimum Gasteiger partial charge on any atom is -0.382 e. The summed E-state index contributed by atoms with van der Waals surface area (Å²) in [6.45, 7) is 1.60. The summed E-state index contributed by atoms with van der Waals surface area (Å²) in [7, 11) is -3.74. The van der Waals surface area contributed by atoms with Gasteiger partial charge in [-0.2, -0.15) is 0 Å². The first-order chi connectivity index (χ1) is 8.86. The van der Waals surface area contributed by atoms with E-state index in [-0.39, 0.29) is 4.90 Å². The average molecular weight is 286 g/mol. The summed E-state index contributed by atoms with van der Waals surface area (Å²) in [5.74, 6) is -0.971. The number of carbonyl (C=O) groups is 1. The standard InChI is InChI=1S/C12H18N2O4S/c1-2-3-9-4-6-10(7-5-9)19(17,18)14-8-11(15)12(13)16/h4-7,11,14-15H,2-3,8H2,1H3,(H2,13,16). The van der Waals surface area contributed by atoms with Crippen molar-refractivity contribution in [2.75, 3.05) is 6.54 Å². The van der Waals surface area contributed by atoms with E-state index in [0.717, 1.165) is 18.4 Å². The Hall–Kier alpha value is -1.44. The molecule has 0 radical (unpaired) electrons. The van der Waals surface area contributed by atoms with Crippen LogP contribution in [0.5, 0.6) is 0 Å². The van der Waals surface area contributed by atoms with Crippen molar-refractivity contribution in [2.24, 2.45) is 5.73 Å². The van der Waals surface area contributed by atoms with Gasteiger partial charge in [0.1, 0.15) is 6.10 Å². The van der Waals surface area contributed by atoms with Crippen LogP contribution in [-0.4, -0.2) is 32.1 Å². The van der Waals surface area contributed by atoms with Crippen LogP contribution in [0.15, 0.2) is 29.2 Å². The Morgan fingerprint density at radius 1 is 1.37 bits per heavy atom. The summed E-state index contributed by atoms with van der Waals surface area (Å²) in [6, 6.07) is 6.46. The first kappa shape index (κ1) is 15.6. The Balaban J connectivity index is 2.74. The second-order valence-corrected chi connectivity index (χ2v) is 5.93. The molecular formula is C12H18N2O4S. The highest BCUT2D eigenvalue weighted by molar-refractivity contribution is 7.89. The maximum Gasteiger partial charge on any atom is 0.247 e. The van der Waals surface area contributed by atoms with Gasteiger partial charge in [0.05, 0.1) is 4.90 Å². The van der Waals surface area contributed by atoms with Gasteiger partial charge in [-0.05, 0) is 24.1 Å². The normalized spacial score (nSPS) is 13.2. The summed E-state index contributed by atoms with van der Waals surface area (Å²) >= 11 is 0. The van der Waals surface area contributed by atoms with Crippen molar-refractivity contribution in [3.63, 3.8) is 0 Å². The number of carbonyl (C=O) groups excluding carboxylic acids is 1. The van der Waals surface area contributed by atoms with Crippen molar-refractivity contribution in [1.82, 2.24) is 4.72 Å². The molecule has 0 spiro atoms. The molecule has 106 valence electrons. The van der Waals surface area contributed by atoms with Gasteiger partial charge >= 0.3 is 0 Å². The molecule has 1 aromatic rings. The van der Waals surface area contributed by atoms with Gasteiger partial charge in [-0.15, -0.1) is 0 Å². The minimum atomic E-state index is -3.74. The number of rotatable bonds is 7. The molecule has 1 aromatic carbocycles. The Labute approximate surface area is 112 Å². The summed E-state index contributed by atoms with van der Waals surface area (Å²) < 4.78 is 25.8. The predicted molar refractivity (Wildman–Crippen MR) is 70.8 cm³/mol. The lowest BCUT2D eigenvalue weighted by atomic mass is 10.1. The Morgan fingerprint density at radius 3 is 2.42 bits per heavy atom. The fourth-order valence-corrected chi connectivity index (χ4v) is 2.53. The van der Waals surface area contributed by atoms with Gasteiger partial charge in [0.25, 0.3) is 0 Å². The molecule has 4 N–H and O–H groups in total. The van der Waals surface area contributed by atoms with E-state index in [2.05, 4.69) is 4.72 Å². The molecule has 0 heterocycles. The molecule has 0 fully saturated rings. The molecule has 0 aliphatic heterocycles. The van der Waals surface area contributed by atoms with E-state index in [1.807, 2.05) is 6.92 Å². The molecule has 1 amide bonds. The molecule has 7 heteroatoms. The maximum absolute atomic E-state index is 11.9. The smallest absolute Gasteiger partial charge is 0.247 e. The number of nitrogens with two attached hydrogens (primary N) is 1. The Kier molecular flexibility index (Phi) is 5.46. The topological polar surface area (TPSA) is 109 Å². The number of hydrogen-bond donors (Lipinski definition) is 3.